The second kappa shape index (κ2) is 5.29. The summed E-state index contributed by atoms with van der Waals surface area (Å²) in [6, 6.07) is 11.2. The fourth-order valence-electron chi connectivity index (χ4n) is 2.32. The van der Waals surface area contributed by atoms with Gasteiger partial charge in [-0.3, -0.25) is 0 Å². The third kappa shape index (κ3) is 2.80. The number of methoxy groups -OCH3 is 1. The molecule has 82 valence electrons. The predicted octanol–water partition coefficient (Wildman–Crippen LogP) is 2.37. The molecule has 1 N–H and O–H groups in total. The summed E-state index contributed by atoms with van der Waals surface area (Å²) >= 11 is 0. The summed E-state index contributed by atoms with van der Waals surface area (Å²) in [5, 5.41) is 3.57. The van der Waals surface area contributed by atoms with Gasteiger partial charge in [0.05, 0.1) is 0 Å². The number of hydrogen-bond acceptors (Lipinski definition) is 2. The van der Waals surface area contributed by atoms with Crippen molar-refractivity contribution in [1.82, 2.24) is 5.32 Å². The molecule has 1 aromatic rings. The number of ether oxygens (including phenoxy) is 1. The fraction of sp³-hybridized carbons (Fsp3) is 0.538. The van der Waals surface area contributed by atoms with E-state index >= 15 is 0 Å². The molecule has 0 aromatic heterocycles. The smallest absolute Gasteiger partial charge is 0.0491 e. The molecule has 0 spiro atoms. The van der Waals surface area contributed by atoms with E-state index in [4.69, 9.17) is 4.74 Å². The van der Waals surface area contributed by atoms with Crippen molar-refractivity contribution in [3.8, 4) is 0 Å². The predicted molar refractivity (Wildman–Crippen MR) is 61.8 cm³/mol. The summed E-state index contributed by atoms with van der Waals surface area (Å²) in [6.07, 6.45) is 2.43. The van der Waals surface area contributed by atoms with Crippen LogP contribution < -0.4 is 5.32 Å². The molecular weight excluding hydrogens is 186 g/mol. The second-order valence-corrected chi connectivity index (χ2v) is 4.26. The van der Waals surface area contributed by atoms with Gasteiger partial charge in [0.1, 0.15) is 0 Å². The van der Waals surface area contributed by atoms with Crippen LogP contribution in [0.2, 0.25) is 0 Å². The molecule has 2 nitrogen and oxygen atoms in total. The van der Waals surface area contributed by atoms with E-state index < -0.39 is 0 Å². The lowest BCUT2D eigenvalue weighted by Crippen LogP contribution is -2.33. The van der Waals surface area contributed by atoms with Gasteiger partial charge in [-0.2, -0.15) is 0 Å². The first-order chi connectivity index (χ1) is 7.40. The third-order valence-corrected chi connectivity index (χ3v) is 3.12. The highest BCUT2D eigenvalue weighted by molar-refractivity contribution is 5.19. The maximum absolute atomic E-state index is 5.24. The van der Waals surface area contributed by atoms with Crippen LogP contribution in [-0.2, 0) is 4.74 Å². The molecule has 1 aliphatic rings. The molecular formula is C13H19NO. The Hall–Kier alpha value is -0.860. The van der Waals surface area contributed by atoms with E-state index in [0.29, 0.717) is 12.0 Å². The van der Waals surface area contributed by atoms with E-state index in [1.807, 2.05) is 0 Å². The quantitative estimate of drug-likeness (QED) is 0.818. The fourth-order valence-corrected chi connectivity index (χ4v) is 2.32. The molecule has 2 heteroatoms. The highest BCUT2D eigenvalue weighted by atomic mass is 16.5. The lowest BCUT2D eigenvalue weighted by atomic mass is 9.89. The van der Waals surface area contributed by atoms with Crippen LogP contribution >= 0.6 is 0 Å². The summed E-state index contributed by atoms with van der Waals surface area (Å²) < 4.78 is 5.24. The van der Waals surface area contributed by atoms with Crippen molar-refractivity contribution >= 4 is 0 Å². The van der Waals surface area contributed by atoms with E-state index in [0.717, 1.165) is 13.2 Å². The van der Waals surface area contributed by atoms with Crippen molar-refractivity contribution in [2.75, 3.05) is 20.3 Å². The monoisotopic (exact) mass is 205 g/mol. The third-order valence-electron chi connectivity index (χ3n) is 3.12. The van der Waals surface area contributed by atoms with Gasteiger partial charge < -0.3 is 10.1 Å². The van der Waals surface area contributed by atoms with Crippen LogP contribution in [-0.4, -0.2) is 20.3 Å². The number of hydrogen-bond donors (Lipinski definition) is 1. The first kappa shape index (κ1) is 10.7. The van der Waals surface area contributed by atoms with Crippen molar-refractivity contribution in [1.29, 1.82) is 0 Å². The zero-order valence-electron chi connectivity index (χ0n) is 9.28. The molecule has 1 heterocycles. The Balaban J connectivity index is 1.98. The van der Waals surface area contributed by atoms with Crippen molar-refractivity contribution in [2.24, 2.45) is 5.92 Å². The van der Waals surface area contributed by atoms with E-state index in [2.05, 4.69) is 35.6 Å². The number of nitrogens with one attached hydrogen (secondary N) is 1. The second-order valence-electron chi connectivity index (χ2n) is 4.26. The Morgan fingerprint density at radius 1 is 1.33 bits per heavy atom. The molecule has 1 aliphatic heterocycles. The highest BCUT2D eigenvalue weighted by Gasteiger charge is 2.22. The summed E-state index contributed by atoms with van der Waals surface area (Å²) in [4.78, 5) is 0. The average molecular weight is 205 g/mol. The van der Waals surface area contributed by atoms with Gasteiger partial charge >= 0.3 is 0 Å². The van der Waals surface area contributed by atoms with E-state index in [1.54, 1.807) is 7.11 Å². The molecule has 0 aliphatic carbocycles. The van der Waals surface area contributed by atoms with E-state index in [-0.39, 0.29) is 0 Å². The van der Waals surface area contributed by atoms with Gasteiger partial charge in [-0.1, -0.05) is 30.3 Å². The van der Waals surface area contributed by atoms with Crippen LogP contribution in [0.5, 0.6) is 0 Å². The average Bonchev–Trinajstić information content (AvgIpc) is 2.31. The Kier molecular flexibility index (Phi) is 3.75. The standard InChI is InChI=1S/C13H19NO/c1-15-10-11-7-8-14-13(9-11)12-5-3-2-4-6-12/h2-6,11,13-14H,7-10H2,1H3. The largest absolute Gasteiger partial charge is 0.384 e. The van der Waals surface area contributed by atoms with Crippen LogP contribution in [0.4, 0.5) is 0 Å². The van der Waals surface area contributed by atoms with Crippen molar-refractivity contribution in [3.63, 3.8) is 0 Å². The molecule has 0 bridgehead atoms. The molecule has 1 fully saturated rings. The first-order valence-electron chi connectivity index (χ1n) is 5.67. The van der Waals surface area contributed by atoms with E-state index in [9.17, 15) is 0 Å². The maximum Gasteiger partial charge on any atom is 0.0491 e. The molecule has 0 saturated carbocycles. The number of rotatable bonds is 3. The topological polar surface area (TPSA) is 21.3 Å². The molecule has 0 radical (unpaired) electrons. The zero-order chi connectivity index (χ0) is 10.5. The Morgan fingerprint density at radius 3 is 2.87 bits per heavy atom. The Morgan fingerprint density at radius 2 is 2.13 bits per heavy atom. The van der Waals surface area contributed by atoms with Crippen molar-refractivity contribution in [3.05, 3.63) is 35.9 Å². The van der Waals surface area contributed by atoms with Crippen LogP contribution in [0.3, 0.4) is 0 Å². The van der Waals surface area contributed by atoms with Crippen LogP contribution in [0, 0.1) is 5.92 Å². The minimum absolute atomic E-state index is 0.514. The Bertz CT molecular complexity index is 284. The summed E-state index contributed by atoms with van der Waals surface area (Å²) in [5.41, 5.74) is 1.40. The number of piperidine rings is 1. The first-order valence-corrected chi connectivity index (χ1v) is 5.67. The van der Waals surface area contributed by atoms with Gasteiger partial charge in [0.15, 0.2) is 0 Å². The van der Waals surface area contributed by atoms with Crippen molar-refractivity contribution < 1.29 is 4.74 Å². The number of benzene rings is 1. The molecule has 1 aromatic carbocycles. The van der Waals surface area contributed by atoms with Gasteiger partial charge in [0, 0.05) is 19.8 Å². The van der Waals surface area contributed by atoms with Crippen LogP contribution in [0.1, 0.15) is 24.4 Å². The summed E-state index contributed by atoms with van der Waals surface area (Å²) in [5.74, 6) is 0.710. The van der Waals surface area contributed by atoms with Crippen LogP contribution in [0.25, 0.3) is 0 Å². The van der Waals surface area contributed by atoms with Gasteiger partial charge in [0.2, 0.25) is 0 Å². The molecule has 0 amide bonds. The lowest BCUT2D eigenvalue weighted by molar-refractivity contribution is 0.124. The van der Waals surface area contributed by atoms with Gasteiger partial charge in [0.25, 0.3) is 0 Å². The normalized spacial score (nSPS) is 26.5. The van der Waals surface area contributed by atoms with Gasteiger partial charge in [-0.25, -0.2) is 0 Å². The highest BCUT2D eigenvalue weighted by Crippen LogP contribution is 2.26. The van der Waals surface area contributed by atoms with E-state index in [1.165, 1.54) is 18.4 Å². The maximum atomic E-state index is 5.24. The van der Waals surface area contributed by atoms with Crippen molar-refractivity contribution in [2.45, 2.75) is 18.9 Å². The molecule has 2 rings (SSSR count). The molecule has 2 unspecified atom stereocenters. The summed E-state index contributed by atoms with van der Waals surface area (Å²) in [7, 11) is 1.79. The minimum Gasteiger partial charge on any atom is -0.384 e. The Labute approximate surface area is 91.6 Å². The molecule has 1 saturated heterocycles. The SMILES string of the molecule is COCC1CCNC(c2ccccc2)C1. The van der Waals surface area contributed by atoms with Gasteiger partial charge in [-0.15, -0.1) is 0 Å². The zero-order valence-corrected chi connectivity index (χ0v) is 9.28. The van der Waals surface area contributed by atoms with Crippen LogP contribution in [0.15, 0.2) is 30.3 Å². The summed E-state index contributed by atoms with van der Waals surface area (Å²) in [6.45, 7) is 2.00. The molecule has 2 atom stereocenters. The molecule has 15 heavy (non-hydrogen) atoms. The van der Waals surface area contributed by atoms with Gasteiger partial charge in [-0.05, 0) is 30.9 Å². The minimum atomic E-state index is 0.514. The lowest BCUT2D eigenvalue weighted by Gasteiger charge is -2.30.